The maximum atomic E-state index is 4.71. The normalized spacial score (nSPS) is 12.7. The second kappa shape index (κ2) is 8.14. The van der Waals surface area contributed by atoms with E-state index in [4.69, 9.17) is 4.98 Å². The average molecular weight is 401 g/mol. The van der Waals surface area contributed by atoms with E-state index < -0.39 is 0 Å². The van der Waals surface area contributed by atoms with Crippen molar-refractivity contribution < 1.29 is 0 Å². The van der Waals surface area contributed by atoms with Gasteiger partial charge in [0.15, 0.2) is 0 Å². The maximum Gasteiger partial charge on any atom is 0.225 e. The zero-order valence-electron chi connectivity index (χ0n) is 17.9. The van der Waals surface area contributed by atoms with Crippen molar-refractivity contribution in [3.05, 3.63) is 72.7 Å². The molecule has 2 heterocycles. The van der Waals surface area contributed by atoms with Crippen LogP contribution in [0.25, 0.3) is 16.9 Å². The van der Waals surface area contributed by atoms with E-state index in [9.17, 15) is 0 Å². The third-order valence-corrected chi connectivity index (χ3v) is 4.90. The predicted octanol–water partition coefficient (Wildman–Crippen LogP) is 5.45. The van der Waals surface area contributed by atoms with Crippen molar-refractivity contribution in [1.82, 2.24) is 19.5 Å². The van der Waals surface area contributed by atoms with Gasteiger partial charge in [0.05, 0.1) is 17.1 Å². The molecule has 0 bridgehead atoms. The van der Waals surface area contributed by atoms with E-state index in [2.05, 4.69) is 78.6 Å². The third-order valence-electron chi connectivity index (χ3n) is 4.90. The summed E-state index contributed by atoms with van der Waals surface area (Å²) < 4.78 is 1.99. The lowest BCUT2D eigenvalue weighted by atomic mass is 9.97. The third kappa shape index (κ3) is 4.59. The lowest BCUT2D eigenvalue weighted by molar-refractivity contribution is 0.443. The number of hydrogen-bond donors (Lipinski definition) is 2. The van der Waals surface area contributed by atoms with Crippen LogP contribution < -0.4 is 10.6 Å². The molecule has 2 N–H and O–H groups in total. The number of nitrogens with one attached hydrogen (secondary N) is 2. The molecule has 2 aromatic heterocycles. The molecule has 1 unspecified atom stereocenters. The molecule has 0 aliphatic heterocycles. The molecule has 4 rings (SSSR count). The first-order valence-corrected chi connectivity index (χ1v) is 10.2. The van der Waals surface area contributed by atoms with E-state index in [1.54, 1.807) is 6.20 Å². The Morgan fingerprint density at radius 1 is 1.00 bits per heavy atom. The van der Waals surface area contributed by atoms with Gasteiger partial charge in [0.25, 0.3) is 0 Å². The molecule has 0 spiro atoms. The molecular formula is C24H28N6. The number of imidazole rings is 1. The highest BCUT2D eigenvalue weighted by molar-refractivity contribution is 5.81. The summed E-state index contributed by atoms with van der Waals surface area (Å²) in [6, 6.07) is 18.5. The Morgan fingerprint density at radius 3 is 2.57 bits per heavy atom. The minimum Gasteiger partial charge on any atom is -0.384 e. The summed E-state index contributed by atoms with van der Waals surface area (Å²) in [5.41, 5.74) is 4.42. The van der Waals surface area contributed by atoms with Crippen molar-refractivity contribution in [3.8, 4) is 5.82 Å². The van der Waals surface area contributed by atoms with Crippen molar-refractivity contribution >= 4 is 22.7 Å². The van der Waals surface area contributed by atoms with Crippen molar-refractivity contribution in [2.45, 2.75) is 33.7 Å². The molecule has 30 heavy (non-hydrogen) atoms. The molecule has 6 nitrogen and oxygen atoms in total. The molecule has 6 heteroatoms. The van der Waals surface area contributed by atoms with Gasteiger partial charge in [-0.05, 0) is 42.2 Å². The molecule has 0 radical (unpaired) electrons. The van der Waals surface area contributed by atoms with Crippen molar-refractivity contribution in [3.63, 3.8) is 0 Å². The first kappa shape index (κ1) is 19.9. The minimum atomic E-state index is 0.109. The molecule has 0 saturated carbocycles. The van der Waals surface area contributed by atoms with Crippen molar-refractivity contribution in [1.29, 1.82) is 0 Å². The number of benzene rings is 2. The molecule has 1 atom stereocenters. The van der Waals surface area contributed by atoms with E-state index in [0.29, 0.717) is 5.95 Å². The predicted molar refractivity (Wildman–Crippen MR) is 123 cm³/mol. The van der Waals surface area contributed by atoms with Crippen LogP contribution in [0.2, 0.25) is 0 Å². The number of nitrogens with zero attached hydrogens (tertiary/aromatic N) is 4. The average Bonchev–Trinajstić information content (AvgIpc) is 3.16. The summed E-state index contributed by atoms with van der Waals surface area (Å²) in [4.78, 5) is 13.7. The van der Waals surface area contributed by atoms with Crippen LogP contribution in [0, 0.1) is 5.41 Å². The second-order valence-corrected chi connectivity index (χ2v) is 8.75. The van der Waals surface area contributed by atoms with Gasteiger partial charge in [-0.3, -0.25) is 4.57 Å². The molecule has 4 aromatic rings. The number of hydrogen-bond acceptors (Lipinski definition) is 5. The van der Waals surface area contributed by atoms with Gasteiger partial charge in [0.1, 0.15) is 12.1 Å². The van der Waals surface area contributed by atoms with Crippen LogP contribution in [-0.4, -0.2) is 26.1 Å². The fourth-order valence-corrected chi connectivity index (χ4v) is 3.24. The minimum absolute atomic E-state index is 0.109. The van der Waals surface area contributed by atoms with Gasteiger partial charge in [-0.15, -0.1) is 0 Å². The number of fused-ring (bicyclic) bond motifs is 1. The standard InChI is InChI=1S/C24H28N6/c1-17(18-8-6-5-7-9-18)28-23-25-13-12-22(29-23)30-16-27-20-14-19(10-11-21(20)30)26-15-24(2,3)4/h5-14,16-17,26H,15H2,1-4H3,(H,25,28,29). The second-order valence-electron chi connectivity index (χ2n) is 8.75. The molecule has 0 fully saturated rings. The summed E-state index contributed by atoms with van der Waals surface area (Å²) in [5, 5.41) is 6.87. The zero-order chi connectivity index (χ0) is 21.1. The Labute approximate surface area is 177 Å². The van der Waals surface area contributed by atoms with E-state index in [0.717, 1.165) is 29.1 Å². The first-order chi connectivity index (χ1) is 14.4. The molecule has 0 amide bonds. The molecule has 0 aliphatic rings. The van der Waals surface area contributed by atoms with Crippen molar-refractivity contribution in [2.75, 3.05) is 17.2 Å². The molecule has 0 saturated heterocycles. The fourth-order valence-electron chi connectivity index (χ4n) is 3.24. The number of aromatic nitrogens is 4. The summed E-state index contributed by atoms with van der Waals surface area (Å²) in [5.74, 6) is 1.37. The Bertz CT molecular complexity index is 1130. The van der Waals surface area contributed by atoms with Crippen LogP contribution in [-0.2, 0) is 0 Å². The summed E-state index contributed by atoms with van der Waals surface area (Å²) >= 11 is 0. The van der Waals surface area contributed by atoms with Gasteiger partial charge >= 0.3 is 0 Å². The van der Waals surface area contributed by atoms with E-state index in [1.165, 1.54) is 5.56 Å². The van der Waals surface area contributed by atoms with Crippen molar-refractivity contribution in [2.24, 2.45) is 5.41 Å². The van der Waals surface area contributed by atoms with E-state index >= 15 is 0 Å². The van der Waals surface area contributed by atoms with Crippen LogP contribution in [0.3, 0.4) is 0 Å². The highest BCUT2D eigenvalue weighted by atomic mass is 15.2. The summed E-state index contributed by atoms with van der Waals surface area (Å²) in [6.45, 7) is 9.65. The quantitative estimate of drug-likeness (QED) is 0.451. The van der Waals surface area contributed by atoms with Crippen LogP contribution in [0.1, 0.15) is 39.3 Å². The smallest absolute Gasteiger partial charge is 0.225 e. The van der Waals surface area contributed by atoms with Gasteiger partial charge in [-0.1, -0.05) is 51.1 Å². The maximum absolute atomic E-state index is 4.71. The van der Waals surface area contributed by atoms with Gasteiger partial charge < -0.3 is 10.6 Å². The highest BCUT2D eigenvalue weighted by Crippen LogP contribution is 2.23. The Balaban J connectivity index is 1.56. The lowest BCUT2D eigenvalue weighted by Crippen LogP contribution is -2.18. The van der Waals surface area contributed by atoms with Crippen LogP contribution in [0.5, 0.6) is 0 Å². The Morgan fingerprint density at radius 2 is 1.80 bits per heavy atom. The lowest BCUT2D eigenvalue weighted by Gasteiger charge is -2.19. The molecular weight excluding hydrogens is 372 g/mol. The van der Waals surface area contributed by atoms with Gasteiger partial charge in [0, 0.05) is 18.4 Å². The van der Waals surface area contributed by atoms with Gasteiger partial charge in [-0.25, -0.2) is 9.97 Å². The largest absolute Gasteiger partial charge is 0.384 e. The highest BCUT2D eigenvalue weighted by Gasteiger charge is 2.12. The number of anilines is 2. The molecule has 2 aromatic carbocycles. The van der Waals surface area contributed by atoms with Gasteiger partial charge in [0.2, 0.25) is 5.95 Å². The van der Waals surface area contributed by atoms with Gasteiger partial charge in [-0.2, -0.15) is 4.98 Å². The van der Waals surface area contributed by atoms with E-state index in [1.807, 2.05) is 35.2 Å². The Hall–Kier alpha value is -3.41. The SMILES string of the molecule is CC(Nc1nccc(-n2cnc3cc(NCC(C)(C)C)ccc32)n1)c1ccccc1. The van der Waals surface area contributed by atoms with E-state index in [-0.39, 0.29) is 11.5 Å². The molecule has 0 aliphatic carbocycles. The summed E-state index contributed by atoms with van der Waals surface area (Å²) in [6.07, 6.45) is 3.58. The van der Waals surface area contributed by atoms with Crippen LogP contribution >= 0.6 is 0 Å². The van der Waals surface area contributed by atoms with Crippen LogP contribution in [0.15, 0.2) is 67.1 Å². The topological polar surface area (TPSA) is 67.7 Å². The number of rotatable bonds is 6. The summed E-state index contributed by atoms with van der Waals surface area (Å²) in [7, 11) is 0. The first-order valence-electron chi connectivity index (χ1n) is 10.2. The zero-order valence-corrected chi connectivity index (χ0v) is 17.9. The monoisotopic (exact) mass is 400 g/mol. The van der Waals surface area contributed by atoms with Crippen LogP contribution in [0.4, 0.5) is 11.6 Å². The molecule has 154 valence electrons. The Kier molecular flexibility index (Phi) is 5.40. The fraction of sp³-hybridized carbons (Fsp3) is 0.292.